The summed E-state index contributed by atoms with van der Waals surface area (Å²) in [7, 11) is 0. The molecule has 1 atom stereocenters. The Hall–Kier alpha value is -0.530. The third-order valence-corrected chi connectivity index (χ3v) is 3.95. The van der Waals surface area contributed by atoms with E-state index in [1.807, 2.05) is 0 Å². The summed E-state index contributed by atoms with van der Waals surface area (Å²) in [5.74, 6) is 1.84. The van der Waals surface area contributed by atoms with Gasteiger partial charge in [-0.3, -0.25) is 4.79 Å². The molecule has 86 valence electrons. The van der Waals surface area contributed by atoms with Gasteiger partial charge in [-0.25, -0.2) is 0 Å². The highest BCUT2D eigenvalue weighted by Crippen LogP contribution is 2.28. The molecule has 1 amide bonds. The molecule has 2 heteroatoms. The maximum Gasteiger partial charge on any atom is 0.222 e. The summed E-state index contributed by atoms with van der Waals surface area (Å²) in [5.41, 5.74) is 0. The third kappa shape index (κ3) is 2.96. The summed E-state index contributed by atoms with van der Waals surface area (Å²) in [6.45, 7) is 4.27. The molecule has 1 aliphatic heterocycles. The van der Waals surface area contributed by atoms with E-state index in [4.69, 9.17) is 0 Å². The van der Waals surface area contributed by atoms with Crippen LogP contribution in [0.5, 0.6) is 0 Å². The van der Waals surface area contributed by atoms with E-state index in [9.17, 15) is 4.79 Å². The summed E-state index contributed by atoms with van der Waals surface area (Å²) < 4.78 is 0. The number of carbonyl (C=O) groups excluding carboxylic acids is 1. The summed E-state index contributed by atoms with van der Waals surface area (Å²) in [6.07, 6.45) is 8.59. The van der Waals surface area contributed by atoms with Crippen molar-refractivity contribution in [3.05, 3.63) is 0 Å². The summed E-state index contributed by atoms with van der Waals surface area (Å²) >= 11 is 0. The number of hydrogen-bond acceptors (Lipinski definition) is 1. The fourth-order valence-corrected chi connectivity index (χ4v) is 3.01. The molecule has 0 unspecified atom stereocenters. The van der Waals surface area contributed by atoms with Gasteiger partial charge in [0.05, 0.1) is 0 Å². The molecule has 0 aromatic carbocycles. The lowest BCUT2D eigenvalue weighted by molar-refractivity contribution is -0.133. The molecule has 1 saturated heterocycles. The molecule has 0 N–H and O–H groups in total. The first kappa shape index (κ1) is 11.0. The summed E-state index contributed by atoms with van der Waals surface area (Å²) in [6, 6.07) is 0. The highest BCUT2D eigenvalue weighted by Gasteiger charge is 2.24. The molecule has 15 heavy (non-hydrogen) atoms. The first-order chi connectivity index (χ1) is 7.25. The lowest BCUT2D eigenvalue weighted by Crippen LogP contribution is -2.39. The minimum atomic E-state index is 0.424. The molecule has 0 aromatic heterocycles. The van der Waals surface area contributed by atoms with Crippen molar-refractivity contribution in [3.63, 3.8) is 0 Å². The van der Waals surface area contributed by atoms with Crippen molar-refractivity contribution in [1.29, 1.82) is 0 Å². The number of hydrogen-bond donors (Lipinski definition) is 0. The first-order valence-corrected chi connectivity index (χ1v) is 6.53. The van der Waals surface area contributed by atoms with E-state index in [0.717, 1.165) is 19.5 Å². The van der Waals surface area contributed by atoms with Crippen LogP contribution >= 0.6 is 0 Å². The van der Waals surface area contributed by atoms with E-state index < -0.39 is 0 Å². The minimum absolute atomic E-state index is 0.424. The van der Waals surface area contributed by atoms with Crippen molar-refractivity contribution < 1.29 is 4.79 Å². The molecule has 2 aliphatic rings. The largest absolute Gasteiger partial charge is 0.342 e. The van der Waals surface area contributed by atoms with Crippen LogP contribution in [0.25, 0.3) is 0 Å². The quantitative estimate of drug-likeness (QED) is 0.685. The predicted molar refractivity (Wildman–Crippen MR) is 61.6 cm³/mol. The van der Waals surface area contributed by atoms with Crippen LogP contribution < -0.4 is 0 Å². The van der Waals surface area contributed by atoms with Crippen molar-refractivity contribution in [3.8, 4) is 0 Å². The molecular weight excluding hydrogens is 186 g/mol. The Balaban J connectivity index is 1.78. The fourth-order valence-electron chi connectivity index (χ4n) is 3.01. The second-order valence-electron chi connectivity index (χ2n) is 5.44. The molecular formula is C13H23NO. The van der Waals surface area contributed by atoms with Gasteiger partial charge in [-0.1, -0.05) is 19.8 Å². The van der Waals surface area contributed by atoms with Gasteiger partial charge in [0.1, 0.15) is 0 Å². The van der Waals surface area contributed by atoms with E-state index in [-0.39, 0.29) is 0 Å². The van der Waals surface area contributed by atoms with Crippen LogP contribution in [0.4, 0.5) is 0 Å². The minimum Gasteiger partial charge on any atom is -0.342 e. The Labute approximate surface area is 93.0 Å². The first-order valence-electron chi connectivity index (χ1n) is 6.53. The van der Waals surface area contributed by atoms with Crippen LogP contribution in [-0.4, -0.2) is 23.9 Å². The molecule has 0 aromatic rings. The molecule has 0 radical (unpaired) electrons. The zero-order valence-corrected chi connectivity index (χ0v) is 9.87. The zero-order chi connectivity index (χ0) is 10.7. The summed E-state index contributed by atoms with van der Waals surface area (Å²) in [5, 5.41) is 0. The van der Waals surface area contributed by atoms with Crippen molar-refractivity contribution in [2.45, 2.75) is 51.9 Å². The molecule has 2 fully saturated rings. The zero-order valence-electron chi connectivity index (χ0n) is 9.87. The van der Waals surface area contributed by atoms with Crippen molar-refractivity contribution in [1.82, 2.24) is 4.90 Å². The number of nitrogens with zero attached hydrogens (tertiary/aromatic N) is 1. The van der Waals surface area contributed by atoms with Gasteiger partial charge in [0, 0.05) is 19.5 Å². The third-order valence-electron chi connectivity index (χ3n) is 3.95. The maximum absolute atomic E-state index is 12.0. The Morgan fingerprint density at radius 2 is 1.93 bits per heavy atom. The molecule has 1 saturated carbocycles. The lowest BCUT2D eigenvalue weighted by atomic mass is 9.98. The van der Waals surface area contributed by atoms with E-state index in [1.54, 1.807) is 0 Å². The van der Waals surface area contributed by atoms with Crippen molar-refractivity contribution >= 4 is 5.91 Å². The van der Waals surface area contributed by atoms with Crippen LogP contribution in [0.1, 0.15) is 51.9 Å². The monoisotopic (exact) mass is 209 g/mol. The number of amides is 1. The average molecular weight is 209 g/mol. The van der Waals surface area contributed by atoms with Gasteiger partial charge in [0.15, 0.2) is 0 Å². The lowest BCUT2D eigenvalue weighted by Gasteiger charge is -2.31. The SMILES string of the molecule is C[C@@H]1CCCN(C(=O)CC2CCCC2)C1. The highest BCUT2D eigenvalue weighted by atomic mass is 16.2. The summed E-state index contributed by atoms with van der Waals surface area (Å²) in [4.78, 5) is 14.1. The fraction of sp³-hybridized carbons (Fsp3) is 0.923. The molecule has 1 aliphatic carbocycles. The van der Waals surface area contributed by atoms with E-state index in [2.05, 4.69) is 11.8 Å². The van der Waals surface area contributed by atoms with Crippen molar-refractivity contribution in [2.75, 3.05) is 13.1 Å². The van der Waals surface area contributed by atoms with E-state index >= 15 is 0 Å². The number of carbonyl (C=O) groups is 1. The molecule has 1 heterocycles. The van der Waals surface area contributed by atoms with Crippen LogP contribution in [0.3, 0.4) is 0 Å². The van der Waals surface area contributed by atoms with Crippen LogP contribution in [0.2, 0.25) is 0 Å². The number of piperidine rings is 1. The normalized spacial score (nSPS) is 28.3. The van der Waals surface area contributed by atoms with Crippen LogP contribution in [0.15, 0.2) is 0 Å². The van der Waals surface area contributed by atoms with Gasteiger partial charge in [0.2, 0.25) is 5.91 Å². The topological polar surface area (TPSA) is 20.3 Å². The van der Waals surface area contributed by atoms with Gasteiger partial charge in [-0.05, 0) is 37.5 Å². The Kier molecular flexibility index (Phi) is 3.66. The van der Waals surface area contributed by atoms with E-state index in [1.165, 1.54) is 38.5 Å². The van der Waals surface area contributed by atoms with Gasteiger partial charge in [-0.2, -0.15) is 0 Å². The molecule has 0 bridgehead atoms. The Morgan fingerprint density at radius 1 is 1.20 bits per heavy atom. The average Bonchev–Trinajstić information content (AvgIpc) is 2.70. The van der Waals surface area contributed by atoms with Gasteiger partial charge in [0.25, 0.3) is 0 Å². The Bertz CT molecular complexity index is 221. The van der Waals surface area contributed by atoms with Gasteiger partial charge < -0.3 is 4.90 Å². The van der Waals surface area contributed by atoms with Crippen LogP contribution in [-0.2, 0) is 4.79 Å². The number of rotatable bonds is 2. The van der Waals surface area contributed by atoms with Gasteiger partial charge >= 0.3 is 0 Å². The molecule has 0 spiro atoms. The predicted octanol–water partition coefficient (Wildman–Crippen LogP) is 2.83. The van der Waals surface area contributed by atoms with Gasteiger partial charge in [-0.15, -0.1) is 0 Å². The molecule has 2 nitrogen and oxygen atoms in total. The Morgan fingerprint density at radius 3 is 2.60 bits per heavy atom. The highest BCUT2D eigenvalue weighted by molar-refractivity contribution is 5.76. The van der Waals surface area contributed by atoms with Crippen molar-refractivity contribution in [2.24, 2.45) is 11.8 Å². The maximum atomic E-state index is 12.0. The van der Waals surface area contributed by atoms with E-state index in [0.29, 0.717) is 17.7 Å². The molecule has 2 rings (SSSR count). The second-order valence-corrected chi connectivity index (χ2v) is 5.44. The number of likely N-dealkylation sites (tertiary alicyclic amines) is 1. The van der Waals surface area contributed by atoms with Crippen LogP contribution in [0, 0.1) is 11.8 Å². The smallest absolute Gasteiger partial charge is 0.222 e. The second kappa shape index (κ2) is 5.00. The standard InChI is InChI=1S/C13H23NO/c1-11-5-4-8-14(10-11)13(15)9-12-6-2-3-7-12/h11-12H,2-10H2,1H3/t11-/m1/s1.